The standard InChI is InChI=1S/C20H20FN3O/c21-18-8-4-5-15(12-18)11-16-13-23(14-16)20(25)24-19(9-10-22-24)17-6-2-1-3-7-17/h1-8,10,12,16,19H,9,11,13-14H2. The van der Waals surface area contributed by atoms with Crippen molar-refractivity contribution in [3.8, 4) is 0 Å². The molecule has 0 N–H and O–H groups in total. The van der Waals surface area contributed by atoms with Crippen LogP contribution in [0.4, 0.5) is 9.18 Å². The molecule has 0 radical (unpaired) electrons. The Morgan fingerprint density at radius 1 is 1.12 bits per heavy atom. The molecule has 0 aromatic heterocycles. The van der Waals surface area contributed by atoms with E-state index in [1.165, 1.54) is 6.07 Å². The number of rotatable bonds is 3. The maximum Gasteiger partial charge on any atom is 0.341 e. The quantitative estimate of drug-likeness (QED) is 0.838. The van der Waals surface area contributed by atoms with Crippen LogP contribution in [-0.2, 0) is 6.42 Å². The summed E-state index contributed by atoms with van der Waals surface area (Å²) in [5.41, 5.74) is 2.09. The van der Waals surface area contributed by atoms with Crippen LogP contribution in [0.2, 0.25) is 0 Å². The van der Waals surface area contributed by atoms with Crippen LogP contribution in [-0.4, -0.2) is 35.2 Å². The molecule has 2 heterocycles. The van der Waals surface area contributed by atoms with Crippen LogP contribution in [0.1, 0.15) is 23.6 Å². The summed E-state index contributed by atoms with van der Waals surface area (Å²) in [6, 6.07) is 16.6. The number of likely N-dealkylation sites (tertiary alicyclic amines) is 1. The Morgan fingerprint density at radius 2 is 1.92 bits per heavy atom. The van der Waals surface area contributed by atoms with E-state index >= 15 is 0 Å². The highest BCUT2D eigenvalue weighted by Crippen LogP contribution is 2.31. The van der Waals surface area contributed by atoms with Crippen molar-refractivity contribution in [3.05, 3.63) is 71.5 Å². The lowest BCUT2D eigenvalue weighted by atomic mass is 9.92. The third kappa shape index (κ3) is 3.27. The molecule has 2 aromatic carbocycles. The number of urea groups is 1. The van der Waals surface area contributed by atoms with E-state index < -0.39 is 0 Å². The summed E-state index contributed by atoms with van der Waals surface area (Å²) in [6.45, 7) is 1.39. The number of amides is 2. The van der Waals surface area contributed by atoms with Crippen LogP contribution >= 0.6 is 0 Å². The van der Waals surface area contributed by atoms with Crippen LogP contribution in [0, 0.1) is 11.7 Å². The molecule has 5 heteroatoms. The highest BCUT2D eigenvalue weighted by molar-refractivity contribution is 5.79. The summed E-state index contributed by atoms with van der Waals surface area (Å²) >= 11 is 0. The summed E-state index contributed by atoms with van der Waals surface area (Å²) in [5.74, 6) is 0.175. The molecule has 0 spiro atoms. The van der Waals surface area contributed by atoms with Gasteiger partial charge in [-0.25, -0.2) is 14.2 Å². The molecule has 2 aromatic rings. The zero-order chi connectivity index (χ0) is 17.2. The Kier molecular flexibility index (Phi) is 4.22. The van der Waals surface area contributed by atoms with Crippen molar-refractivity contribution in [1.82, 2.24) is 9.91 Å². The molecule has 1 atom stereocenters. The first-order valence-electron chi connectivity index (χ1n) is 8.60. The van der Waals surface area contributed by atoms with Crippen LogP contribution in [0.3, 0.4) is 0 Å². The molecule has 2 aliphatic heterocycles. The number of hydrazone groups is 1. The molecule has 1 fully saturated rings. The van der Waals surface area contributed by atoms with Gasteiger partial charge in [-0.3, -0.25) is 0 Å². The fourth-order valence-electron chi connectivity index (χ4n) is 3.55. The third-order valence-corrected chi connectivity index (χ3v) is 4.85. The predicted octanol–water partition coefficient (Wildman–Crippen LogP) is 3.85. The van der Waals surface area contributed by atoms with Gasteiger partial charge in [-0.2, -0.15) is 5.10 Å². The molecular weight excluding hydrogens is 317 g/mol. The van der Waals surface area contributed by atoms with Crippen molar-refractivity contribution in [3.63, 3.8) is 0 Å². The van der Waals surface area contributed by atoms with Crippen molar-refractivity contribution in [2.45, 2.75) is 18.9 Å². The van der Waals surface area contributed by atoms with Gasteiger partial charge in [-0.1, -0.05) is 42.5 Å². The summed E-state index contributed by atoms with van der Waals surface area (Å²) < 4.78 is 13.3. The first-order valence-corrected chi connectivity index (χ1v) is 8.60. The average Bonchev–Trinajstić information content (AvgIpc) is 3.08. The molecule has 2 amide bonds. The number of carbonyl (C=O) groups excluding carboxylic acids is 1. The maximum absolute atomic E-state index is 13.3. The fraction of sp³-hybridized carbons (Fsp3) is 0.300. The van der Waals surface area contributed by atoms with Crippen LogP contribution in [0.15, 0.2) is 59.7 Å². The Labute approximate surface area is 146 Å². The minimum Gasteiger partial charge on any atom is -0.322 e. The average molecular weight is 337 g/mol. The second-order valence-electron chi connectivity index (χ2n) is 6.69. The number of halogens is 1. The number of nitrogens with zero attached hydrogens (tertiary/aromatic N) is 3. The molecule has 4 nitrogen and oxygen atoms in total. The van der Waals surface area contributed by atoms with Crippen LogP contribution in [0.5, 0.6) is 0 Å². The largest absolute Gasteiger partial charge is 0.341 e. The van der Waals surface area contributed by atoms with Gasteiger partial charge in [-0.15, -0.1) is 0 Å². The van der Waals surface area contributed by atoms with Gasteiger partial charge in [0.25, 0.3) is 0 Å². The highest BCUT2D eigenvalue weighted by Gasteiger charge is 2.37. The molecule has 1 unspecified atom stereocenters. The van der Waals surface area contributed by atoms with E-state index in [9.17, 15) is 9.18 Å². The van der Waals surface area contributed by atoms with E-state index in [1.54, 1.807) is 23.4 Å². The first kappa shape index (κ1) is 15.8. The molecule has 128 valence electrons. The Hall–Kier alpha value is -2.69. The lowest BCUT2D eigenvalue weighted by Gasteiger charge is -2.41. The maximum atomic E-state index is 13.3. The van der Waals surface area contributed by atoms with Crippen molar-refractivity contribution < 1.29 is 9.18 Å². The lowest BCUT2D eigenvalue weighted by Crippen LogP contribution is -2.54. The first-order chi connectivity index (χ1) is 12.2. The highest BCUT2D eigenvalue weighted by atomic mass is 19.1. The zero-order valence-corrected chi connectivity index (χ0v) is 13.9. The minimum absolute atomic E-state index is 0.0176. The van der Waals surface area contributed by atoms with Gasteiger partial charge < -0.3 is 4.90 Å². The Morgan fingerprint density at radius 3 is 2.68 bits per heavy atom. The monoisotopic (exact) mass is 337 g/mol. The smallest absolute Gasteiger partial charge is 0.322 e. The fourth-order valence-corrected chi connectivity index (χ4v) is 3.55. The third-order valence-electron chi connectivity index (χ3n) is 4.85. The van der Waals surface area contributed by atoms with Gasteiger partial charge >= 0.3 is 6.03 Å². The van der Waals surface area contributed by atoms with Gasteiger partial charge in [0.15, 0.2) is 0 Å². The van der Waals surface area contributed by atoms with E-state index in [4.69, 9.17) is 0 Å². The van der Waals surface area contributed by atoms with E-state index in [-0.39, 0.29) is 17.9 Å². The Bertz CT molecular complexity index is 787. The number of carbonyl (C=O) groups is 1. The minimum atomic E-state index is -0.207. The lowest BCUT2D eigenvalue weighted by molar-refractivity contribution is 0.0835. The summed E-state index contributed by atoms with van der Waals surface area (Å²) in [5, 5.41) is 5.88. The number of hydrogen-bond donors (Lipinski definition) is 0. The predicted molar refractivity (Wildman–Crippen MR) is 94.7 cm³/mol. The zero-order valence-electron chi connectivity index (χ0n) is 13.9. The van der Waals surface area contributed by atoms with E-state index in [2.05, 4.69) is 5.10 Å². The van der Waals surface area contributed by atoms with Gasteiger partial charge in [0.1, 0.15) is 5.82 Å². The molecule has 0 bridgehead atoms. The topological polar surface area (TPSA) is 35.9 Å². The van der Waals surface area contributed by atoms with Crippen LogP contribution < -0.4 is 0 Å². The molecule has 0 aliphatic carbocycles. The molecule has 4 rings (SSSR count). The van der Waals surface area contributed by atoms with Crippen molar-refractivity contribution in [2.24, 2.45) is 11.0 Å². The van der Waals surface area contributed by atoms with Gasteiger partial charge in [0, 0.05) is 25.7 Å². The van der Waals surface area contributed by atoms with Crippen molar-refractivity contribution in [1.29, 1.82) is 0 Å². The molecule has 25 heavy (non-hydrogen) atoms. The van der Waals surface area contributed by atoms with Gasteiger partial charge in [0.05, 0.1) is 6.04 Å². The van der Waals surface area contributed by atoms with Crippen molar-refractivity contribution in [2.75, 3.05) is 13.1 Å². The molecule has 1 saturated heterocycles. The van der Waals surface area contributed by atoms with Gasteiger partial charge in [-0.05, 0) is 35.6 Å². The normalized spacial score (nSPS) is 20.0. The van der Waals surface area contributed by atoms with Gasteiger partial charge in [0.2, 0.25) is 0 Å². The number of benzene rings is 2. The van der Waals surface area contributed by atoms with E-state index in [1.807, 2.05) is 41.3 Å². The SMILES string of the molecule is O=C(N1CC(Cc2cccc(F)c2)C1)N1N=CCC1c1ccccc1. The van der Waals surface area contributed by atoms with E-state index in [0.717, 1.165) is 24.0 Å². The van der Waals surface area contributed by atoms with Crippen LogP contribution in [0.25, 0.3) is 0 Å². The second kappa shape index (κ2) is 6.67. The second-order valence-corrected chi connectivity index (χ2v) is 6.69. The summed E-state index contributed by atoms with van der Waals surface area (Å²) in [4.78, 5) is 14.6. The number of hydrogen-bond acceptors (Lipinski definition) is 2. The Balaban J connectivity index is 1.36. The molecule has 2 aliphatic rings. The summed E-state index contributed by atoms with van der Waals surface area (Å²) in [7, 11) is 0. The summed E-state index contributed by atoms with van der Waals surface area (Å²) in [6.07, 6.45) is 3.35. The van der Waals surface area contributed by atoms with E-state index in [0.29, 0.717) is 19.0 Å². The molecule has 0 saturated carbocycles. The van der Waals surface area contributed by atoms with Crippen molar-refractivity contribution >= 4 is 12.2 Å². The molecular formula is C20H20FN3O.